The maximum atomic E-state index is 12.4. The van der Waals surface area contributed by atoms with Crippen molar-refractivity contribution in [3.63, 3.8) is 0 Å². The molecule has 1 aromatic carbocycles. The van der Waals surface area contributed by atoms with Crippen LogP contribution < -0.4 is 16.2 Å². The first-order chi connectivity index (χ1) is 12.6. The van der Waals surface area contributed by atoms with Crippen LogP contribution in [0.25, 0.3) is 0 Å². The highest BCUT2D eigenvalue weighted by Gasteiger charge is 2.16. The molecule has 1 aliphatic rings. The minimum Gasteiger partial charge on any atom is -0.331 e. The van der Waals surface area contributed by atoms with E-state index in [0.29, 0.717) is 5.11 Å². The van der Waals surface area contributed by atoms with E-state index in [2.05, 4.69) is 29.2 Å². The molecule has 0 bridgehead atoms. The smallest absolute Gasteiger partial charge is 0.279 e. The lowest BCUT2D eigenvalue weighted by atomic mass is 10.1. The second-order valence-corrected chi connectivity index (χ2v) is 8.16. The van der Waals surface area contributed by atoms with Crippen LogP contribution in [0.15, 0.2) is 24.3 Å². The Morgan fingerprint density at radius 3 is 2.81 bits per heavy atom. The van der Waals surface area contributed by atoms with Gasteiger partial charge in [0.05, 0.1) is 4.88 Å². The molecule has 1 heterocycles. The average Bonchev–Trinajstić information content (AvgIpc) is 2.92. The maximum absolute atomic E-state index is 12.4. The van der Waals surface area contributed by atoms with Crippen molar-refractivity contribution in [1.29, 1.82) is 0 Å². The number of hydrogen-bond donors (Lipinski definition) is 3. The number of carbonyl (C=O) groups is 1. The Morgan fingerprint density at radius 2 is 2.00 bits per heavy atom. The summed E-state index contributed by atoms with van der Waals surface area (Å²) < 4.78 is 0. The van der Waals surface area contributed by atoms with E-state index in [0.717, 1.165) is 35.4 Å². The van der Waals surface area contributed by atoms with Gasteiger partial charge in [0.15, 0.2) is 5.11 Å². The molecule has 4 nitrogen and oxygen atoms in total. The van der Waals surface area contributed by atoms with Crippen molar-refractivity contribution in [3.8, 4) is 0 Å². The quantitative estimate of drug-likeness (QED) is 0.412. The first kappa shape index (κ1) is 18.9. The molecule has 2 aromatic rings. The third kappa shape index (κ3) is 4.43. The normalized spacial score (nSPS) is 13.5. The number of amides is 1. The van der Waals surface area contributed by atoms with Crippen molar-refractivity contribution in [2.24, 2.45) is 0 Å². The van der Waals surface area contributed by atoms with E-state index in [1.54, 1.807) is 11.3 Å². The van der Waals surface area contributed by atoms with Crippen LogP contribution in [0.5, 0.6) is 0 Å². The molecule has 6 heteroatoms. The van der Waals surface area contributed by atoms with Gasteiger partial charge in [-0.15, -0.1) is 11.3 Å². The highest BCUT2D eigenvalue weighted by Crippen LogP contribution is 2.28. The van der Waals surface area contributed by atoms with E-state index in [9.17, 15) is 4.79 Å². The first-order valence-electron chi connectivity index (χ1n) is 9.16. The van der Waals surface area contributed by atoms with Crippen LogP contribution in [0.4, 0.5) is 5.69 Å². The van der Waals surface area contributed by atoms with Gasteiger partial charge in [-0.1, -0.05) is 31.5 Å². The number of thiocarbonyl (C=S) groups is 1. The molecule has 1 amide bonds. The number of carbonyl (C=O) groups excluding carboxylic acids is 1. The maximum Gasteiger partial charge on any atom is 0.279 e. The van der Waals surface area contributed by atoms with Crippen LogP contribution in [-0.4, -0.2) is 11.0 Å². The van der Waals surface area contributed by atoms with E-state index in [1.807, 2.05) is 25.1 Å². The number of hydrazine groups is 1. The van der Waals surface area contributed by atoms with Gasteiger partial charge in [0.2, 0.25) is 0 Å². The molecule has 0 saturated carbocycles. The molecular weight excluding hydrogens is 362 g/mol. The molecule has 1 aliphatic carbocycles. The number of fused-ring (bicyclic) bond motifs is 1. The fraction of sp³-hybridized carbons (Fsp3) is 0.400. The Labute approximate surface area is 164 Å². The van der Waals surface area contributed by atoms with Crippen molar-refractivity contribution in [3.05, 3.63) is 50.7 Å². The molecule has 138 valence electrons. The molecule has 0 saturated heterocycles. The third-order valence-corrected chi connectivity index (χ3v) is 6.18. The second-order valence-electron chi connectivity index (χ2n) is 6.62. The summed E-state index contributed by atoms with van der Waals surface area (Å²) in [4.78, 5) is 14.6. The van der Waals surface area contributed by atoms with Crippen molar-refractivity contribution >= 4 is 40.3 Å². The van der Waals surface area contributed by atoms with Crippen molar-refractivity contribution in [2.45, 2.75) is 52.4 Å². The summed E-state index contributed by atoms with van der Waals surface area (Å²) >= 11 is 6.95. The highest BCUT2D eigenvalue weighted by atomic mass is 32.1. The topological polar surface area (TPSA) is 53.2 Å². The van der Waals surface area contributed by atoms with Gasteiger partial charge in [-0.2, -0.15) is 0 Å². The van der Waals surface area contributed by atoms with Crippen LogP contribution >= 0.6 is 23.6 Å². The summed E-state index contributed by atoms with van der Waals surface area (Å²) in [6, 6.07) is 8.20. The number of nitrogens with one attached hydrogen (secondary N) is 3. The lowest BCUT2D eigenvalue weighted by Gasteiger charge is -2.16. The Bertz CT molecular complexity index is 790. The predicted molar refractivity (Wildman–Crippen MR) is 113 cm³/mol. The lowest BCUT2D eigenvalue weighted by molar-refractivity contribution is 0.0948. The number of hydrogen-bond acceptors (Lipinski definition) is 3. The van der Waals surface area contributed by atoms with Crippen molar-refractivity contribution < 1.29 is 4.79 Å². The van der Waals surface area contributed by atoms with Crippen LogP contribution in [0, 0.1) is 6.92 Å². The SMILES string of the molecule is CCc1cccc(C)c1NC(=S)NNC(=O)c1cc2c(s1)CCCCC2. The van der Waals surface area contributed by atoms with Crippen molar-refractivity contribution in [1.82, 2.24) is 10.9 Å². The van der Waals surface area contributed by atoms with Crippen molar-refractivity contribution in [2.75, 3.05) is 5.32 Å². The molecule has 0 unspecified atom stereocenters. The van der Waals surface area contributed by atoms with Gasteiger partial charge >= 0.3 is 0 Å². The predicted octanol–water partition coefficient (Wildman–Crippen LogP) is 4.52. The number of para-hydroxylation sites is 1. The third-order valence-electron chi connectivity index (χ3n) is 4.74. The van der Waals surface area contributed by atoms with Gasteiger partial charge in [-0.05, 0) is 74.0 Å². The van der Waals surface area contributed by atoms with E-state index in [1.165, 1.54) is 35.3 Å². The summed E-state index contributed by atoms with van der Waals surface area (Å²) in [6.07, 6.45) is 6.81. The fourth-order valence-electron chi connectivity index (χ4n) is 3.30. The lowest BCUT2D eigenvalue weighted by Crippen LogP contribution is -2.43. The molecule has 0 radical (unpaired) electrons. The zero-order valence-electron chi connectivity index (χ0n) is 15.3. The number of thiophene rings is 1. The Kier molecular flexibility index (Phi) is 6.27. The number of rotatable bonds is 3. The monoisotopic (exact) mass is 387 g/mol. The molecule has 0 spiro atoms. The van der Waals surface area contributed by atoms with Gasteiger partial charge in [-0.25, -0.2) is 0 Å². The van der Waals surface area contributed by atoms with Gasteiger partial charge in [-0.3, -0.25) is 15.6 Å². The highest BCUT2D eigenvalue weighted by molar-refractivity contribution is 7.80. The summed E-state index contributed by atoms with van der Waals surface area (Å²) in [5, 5.41) is 3.59. The molecule has 3 N–H and O–H groups in total. The minimum absolute atomic E-state index is 0.132. The summed E-state index contributed by atoms with van der Waals surface area (Å²) in [5.74, 6) is -0.132. The van der Waals surface area contributed by atoms with E-state index in [-0.39, 0.29) is 5.91 Å². The molecule has 26 heavy (non-hydrogen) atoms. The second kappa shape index (κ2) is 8.64. The molecule has 0 fully saturated rings. The molecule has 1 aromatic heterocycles. The largest absolute Gasteiger partial charge is 0.331 e. The number of anilines is 1. The molecule has 0 aliphatic heterocycles. The zero-order valence-corrected chi connectivity index (χ0v) is 16.9. The van der Waals surface area contributed by atoms with Gasteiger partial charge in [0.1, 0.15) is 0 Å². The fourth-order valence-corrected chi connectivity index (χ4v) is 4.60. The Balaban J connectivity index is 1.59. The average molecular weight is 388 g/mol. The number of aryl methyl sites for hydroxylation is 4. The van der Waals surface area contributed by atoms with Gasteiger partial charge < -0.3 is 5.32 Å². The minimum atomic E-state index is -0.132. The standard InChI is InChI=1S/C20H25N3OS2/c1-3-14-10-7-8-13(2)18(14)21-20(25)23-22-19(24)17-12-15-9-5-4-6-11-16(15)26-17/h7-8,10,12H,3-6,9,11H2,1-2H3,(H,22,24)(H2,21,23,25). The Hall–Kier alpha value is -1.92. The zero-order chi connectivity index (χ0) is 18.5. The van der Waals surface area contributed by atoms with Crippen LogP contribution in [0.1, 0.15) is 57.4 Å². The van der Waals surface area contributed by atoms with E-state index in [4.69, 9.17) is 12.2 Å². The molecule has 0 atom stereocenters. The first-order valence-corrected chi connectivity index (χ1v) is 10.4. The summed E-state index contributed by atoms with van der Waals surface area (Å²) in [6.45, 7) is 4.15. The van der Waals surface area contributed by atoms with E-state index < -0.39 is 0 Å². The summed E-state index contributed by atoms with van der Waals surface area (Å²) in [5.41, 5.74) is 10.2. The molecular formula is C20H25N3OS2. The van der Waals surface area contributed by atoms with Gasteiger partial charge in [0.25, 0.3) is 5.91 Å². The Morgan fingerprint density at radius 1 is 1.19 bits per heavy atom. The van der Waals surface area contributed by atoms with Gasteiger partial charge in [0, 0.05) is 10.6 Å². The summed E-state index contributed by atoms with van der Waals surface area (Å²) in [7, 11) is 0. The van der Waals surface area contributed by atoms with Crippen LogP contribution in [0.3, 0.4) is 0 Å². The van der Waals surface area contributed by atoms with Crippen LogP contribution in [0.2, 0.25) is 0 Å². The van der Waals surface area contributed by atoms with E-state index >= 15 is 0 Å². The van der Waals surface area contributed by atoms with Crippen LogP contribution in [-0.2, 0) is 19.3 Å². The molecule has 3 rings (SSSR count). The number of benzene rings is 1.